The van der Waals surface area contributed by atoms with Gasteiger partial charge in [0.2, 0.25) is 11.8 Å². The summed E-state index contributed by atoms with van der Waals surface area (Å²) in [6, 6.07) is 14.0. The molecule has 3 rings (SSSR count). The highest BCUT2D eigenvalue weighted by Crippen LogP contribution is 2.26. The van der Waals surface area contributed by atoms with Gasteiger partial charge in [0, 0.05) is 10.5 Å². The molecule has 0 saturated heterocycles. The molecule has 0 aliphatic rings. The van der Waals surface area contributed by atoms with Crippen molar-refractivity contribution in [3.63, 3.8) is 0 Å². The van der Waals surface area contributed by atoms with Crippen molar-refractivity contribution in [1.82, 2.24) is 10.2 Å². The molecule has 0 bridgehead atoms. The van der Waals surface area contributed by atoms with Gasteiger partial charge in [-0.3, -0.25) is 0 Å². The Labute approximate surface area is 131 Å². The number of hydrogen-bond donors (Lipinski definition) is 0. The molecule has 0 spiro atoms. The minimum Gasteiger partial charge on any atom is -0.497 e. The fourth-order valence-corrected chi connectivity index (χ4v) is 2.64. The van der Waals surface area contributed by atoms with Crippen LogP contribution in [0.2, 0.25) is 0 Å². The van der Waals surface area contributed by atoms with Crippen LogP contribution in [0.25, 0.3) is 11.5 Å². The maximum Gasteiger partial charge on any atom is 0.247 e. The Hall–Kier alpha value is -2.34. The highest BCUT2D eigenvalue weighted by atomic mass is 32.2. The number of hydrogen-bond acceptors (Lipinski definition) is 5. The fraction of sp³-hybridized carbons (Fsp3) is 0.125. The number of aromatic nitrogens is 2. The molecule has 0 amide bonds. The number of halogens is 1. The Bertz CT molecular complexity index is 759. The molecule has 0 aliphatic heterocycles. The van der Waals surface area contributed by atoms with Gasteiger partial charge in [-0.2, -0.15) is 0 Å². The van der Waals surface area contributed by atoms with Crippen LogP contribution in [0.4, 0.5) is 4.39 Å². The number of rotatable bonds is 5. The Morgan fingerprint density at radius 3 is 2.59 bits per heavy atom. The summed E-state index contributed by atoms with van der Waals surface area (Å²) in [5.74, 6) is 1.83. The molecule has 4 nitrogen and oxygen atoms in total. The van der Waals surface area contributed by atoms with Gasteiger partial charge in [0.25, 0.3) is 0 Å². The molecule has 1 heterocycles. The zero-order valence-corrected chi connectivity index (χ0v) is 12.6. The molecule has 22 heavy (non-hydrogen) atoms. The number of ether oxygens (including phenoxy) is 1. The molecule has 3 aromatic rings. The number of thioether (sulfide) groups is 1. The molecule has 0 N–H and O–H groups in total. The third-order valence-corrected chi connectivity index (χ3v) is 4.02. The highest BCUT2D eigenvalue weighted by Gasteiger charge is 2.10. The Balaban J connectivity index is 1.69. The van der Waals surface area contributed by atoms with Crippen molar-refractivity contribution < 1.29 is 13.5 Å². The highest BCUT2D eigenvalue weighted by molar-refractivity contribution is 7.98. The van der Waals surface area contributed by atoms with Crippen LogP contribution in [-0.4, -0.2) is 17.3 Å². The predicted octanol–water partition coefficient (Wildman–Crippen LogP) is 4.18. The number of nitrogens with zero attached hydrogens (tertiary/aromatic N) is 2. The fourth-order valence-electron chi connectivity index (χ4n) is 1.86. The zero-order chi connectivity index (χ0) is 15.4. The second kappa shape index (κ2) is 6.62. The van der Waals surface area contributed by atoms with Crippen LogP contribution in [0.1, 0.15) is 5.89 Å². The van der Waals surface area contributed by atoms with Crippen molar-refractivity contribution in [1.29, 1.82) is 0 Å². The smallest absolute Gasteiger partial charge is 0.247 e. The minimum atomic E-state index is -0.248. The van der Waals surface area contributed by atoms with Gasteiger partial charge in [-0.15, -0.1) is 22.0 Å². The van der Waals surface area contributed by atoms with Gasteiger partial charge in [0.1, 0.15) is 11.6 Å². The summed E-state index contributed by atoms with van der Waals surface area (Å²) < 4.78 is 24.2. The molecule has 0 aliphatic carbocycles. The van der Waals surface area contributed by atoms with Crippen LogP contribution in [0.15, 0.2) is 57.8 Å². The average molecular weight is 316 g/mol. The summed E-state index contributed by atoms with van der Waals surface area (Å²) in [6.07, 6.45) is 0. The lowest BCUT2D eigenvalue weighted by atomic mass is 10.2. The summed E-state index contributed by atoms with van der Waals surface area (Å²) in [5, 5.41) is 8.00. The van der Waals surface area contributed by atoms with Crippen LogP contribution in [-0.2, 0) is 5.75 Å². The first-order valence-corrected chi connectivity index (χ1v) is 7.59. The maximum absolute atomic E-state index is 13.5. The van der Waals surface area contributed by atoms with Crippen LogP contribution in [0.3, 0.4) is 0 Å². The van der Waals surface area contributed by atoms with Crippen LogP contribution >= 0.6 is 11.8 Å². The lowest BCUT2D eigenvalue weighted by Crippen LogP contribution is -1.83. The van der Waals surface area contributed by atoms with Crippen molar-refractivity contribution in [2.45, 2.75) is 10.6 Å². The van der Waals surface area contributed by atoms with Crippen LogP contribution in [0, 0.1) is 5.82 Å². The number of benzene rings is 2. The first-order chi connectivity index (χ1) is 10.8. The molecule has 0 radical (unpaired) electrons. The summed E-state index contributed by atoms with van der Waals surface area (Å²) >= 11 is 1.32. The van der Waals surface area contributed by atoms with E-state index < -0.39 is 0 Å². The molecule has 1 aromatic heterocycles. The summed E-state index contributed by atoms with van der Waals surface area (Å²) in [6.45, 7) is 0. The molecule has 2 aromatic carbocycles. The molecule has 112 valence electrons. The van der Waals surface area contributed by atoms with E-state index in [1.54, 1.807) is 25.3 Å². The average Bonchev–Trinajstić information content (AvgIpc) is 3.03. The first kappa shape index (κ1) is 14.6. The monoisotopic (exact) mass is 316 g/mol. The molecule has 0 fully saturated rings. The van der Waals surface area contributed by atoms with Crippen molar-refractivity contribution in [2.24, 2.45) is 0 Å². The Morgan fingerprint density at radius 1 is 1.09 bits per heavy atom. The second-order valence-electron chi connectivity index (χ2n) is 4.45. The molecular formula is C16H13FN2O2S. The van der Waals surface area contributed by atoms with E-state index in [9.17, 15) is 4.39 Å². The van der Waals surface area contributed by atoms with E-state index in [0.29, 0.717) is 22.4 Å². The van der Waals surface area contributed by atoms with Gasteiger partial charge in [-0.25, -0.2) is 4.39 Å². The molecule has 6 heteroatoms. The van der Waals surface area contributed by atoms with E-state index in [1.165, 1.54) is 17.8 Å². The van der Waals surface area contributed by atoms with Gasteiger partial charge in [0.05, 0.1) is 12.9 Å². The van der Waals surface area contributed by atoms with Crippen molar-refractivity contribution in [2.75, 3.05) is 7.11 Å². The van der Waals surface area contributed by atoms with Crippen molar-refractivity contribution in [3.8, 4) is 17.2 Å². The lowest BCUT2D eigenvalue weighted by Gasteiger charge is -2.00. The summed E-state index contributed by atoms with van der Waals surface area (Å²) in [7, 11) is 1.61. The predicted molar refractivity (Wildman–Crippen MR) is 82.2 cm³/mol. The molecule has 0 atom stereocenters. The second-order valence-corrected chi connectivity index (χ2v) is 5.47. The first-order valence-electron chi connectivity index (χ1n) is 6.60. The standard InChI is InChI=1S/C16H13FN2O2S/c1-20-12-8-6-11(7-9-12)16-19-18-15(21-16)10-22-14-5-3-2-4-13(14)17/h2-9H,10H2,1H3. The van der Waals surface area contributed by atoms with E-state index in [2.05, 4.69) is 10.2 Å². The SMILES string of the molecule is COc1ccc(-c2nnc(CSc3ccccc3F)o2)cc1. The number of methoxy groups -OCH3 is 1. The van der Waals surface area contributed by atoms with Gasteiger partial charge in [-0.05, 0) is 36.4 Å². The maximum atomic E-state index is 13.5. The zero-order valence-electron chi connectivity index (χ0n) is 11.8. The Kier molecular flexibility index (Phi) is 4.39. The largest absolute Gasteiger partial charge is 0.497 e. The van der Waals surface area contributed by atoms with Crippen LogP contribution < -0.4 is 4.74 Å². The third-order valence-electron chi connectivity index (χ3n) is 2.99. The lowest BCUT2D eigenvalue weighted by molar-refractivity contribution is 0.415. The van der Waals surface area contributed by atoms with Crippen molar-refractivity contribution in [3.05, 3.63) is 60.2 Å². The third kappa shape index (κ3) is 3.28. The van der Waals surface area contributed by atoms with Gasteiger partial charge in [-0.1, -0.05) is 12.1 Å². The normalized spacial score (nSPS) is 10.6. The Morgan fingerprint density at radius 2 is 1.86 bits per heavy atom. The molecule has 0 saturated carbocycles. The van der Waals surface area contributed by atoms with E-state index in [1.807, 2.05) is 24.3 Å². The van der Waals surface area contributed by atoms with Gasteiger partial charge in [0.15, 0.2) is 0 Å². The van der Waals surface area contributed by atoms with E-state index in [0.717, 1.165) is 11.3 Å². The van der Waals surface area contributed by atoms with E-state index in [-0.39, 0.29) is 5.82 Å². The minimum absolute atomic E-state index is 0.248. The summed E-state index contributed by atoms with van der Waals surface area (Å²) in [5.41, 5.74) is 0.815. The quantitative estimate of drug-likeness (QED) is 0.661. The van der Waals surface area contributed by atoms with E-state index >= 15 is 0 Å². The van der Waals surface area contributed by atoms with Gasteiger partial charge >= 0.3 is 0 Å². The van der Waals surface area contributed by atoms with Gasteiger partial charge < -0.3 is 9.15 Å². The molecular weight excluding hydrogens is 303 g/mol. The van der Waals surface area contributed by atoms with E-state index in [4.69, 9.17) is 9.15 Å². The summed E-state index contributed by atoms with van der Waals surface area (Å²) in [4.78, 5) is 0.562. The molecule has 0 unspecified atom stereocenters. The topological polar surface area (TPSA) is 48.2 Å². The van der Waals surface area contributed by atoms with Crippen LogP contribution in [0.5, 0.6) is 5.75 Å². The van der Waals surface area contributed by atoms with Crippen molar-refractivity contribution >= 4 is 11.8 Å².